The Morgan fingerprint density at radius 2 is 1.57 bits per heavy atom. The first-order valence-electron chi connectivity index (χ1n) is 8.37. The summed E-state index contributed by atoms with van der Waals surface area (Å²) < 4.78 is 5.21. The van der Waals surface area contributed by atoms with Crippen LogP contribution < -0.4 is 0 Å². The van der Waals surface area contributed by atoms with E-state index in [1.54, 1.807) is 6.42 Å². The molecule has 0 saturated heterocycles. The summed E-state index contributed by atoms with van der Waals surface area (Å²) in [6, 6.07) is 9.79. The summed E-state index contributed by atoms with van der Waals surface area (Å²) in [6.07, 6.45) is 12.8. The van der Waals surface area contributed by atoms with Crippen LogP contribution in [0.3, 0.4) is 0 Å². The molecule has 0 aliphatic heterocycles. The fourth-order valence-electron chi connectivity index (χ4n) is 2.29. The normalized spacial score (nSPS) is 10.5. The quantitative estimate of drug-likeness (QED) is 0.377. The molecule has 117 valence electrons. The lowest BCUT2D eigenvalue weighted by Crippen LogP contribution is -2.05. The monoisotopic (exact) mass is 289 g/mol. The van der Waals surface area contributed by atoms with Gasteiger partial charge in [0.2, 0.25) is 0 Å². The molecular formula is C19H29O2. The number of rotatable bonds is 12. The molecule has 0 aromatic heterocycles. The van der Waals surface area contributed by atoms with Crippen molar-refractivity contribution in [2.45, 2.75) is 71.3 Å². The highest BCUT2D eigenvalue weighted by Crippen LogP contribution is 2.10. The highest BCUT2D eigenvalue weighted by Gasteiger charge is 2.03. The number of hydrogen-bond acceptors (Lipinski definition) is 2. The summed E-state index contributed by atoms with van der Waals surface area (Å²) in [4.78, 5) is 11.5. The molecular weight excluding hydrogens is 260 g/mol. The topological polar surface area (TPSA) is 26.3 Å². The van der Waals surface area contributed by atoms with Gasteiger partial charge in [0.15, 0.2) is 0 Å². The van der Waals surface area contributed by atoms with E-state index in [2.05, 4.69) is 6.92 Å². The van der Waals surface area contributed by atoms with Crippen LogP contribution >= 0.6 is 0 Å². The molecule has 0 amide bonds. The van der Waals surface area contributed by atoms with Gasteiger partial charge in [-0.3, -0.25) is 4.79 Å². The minimum atomic E-state index is -0.193. The van der Waals surface area contributed by atoms with Crippen molar-refractivity contribution in [1.82, 2.24) is 0 Å². The van der Waals surface area contributed by atoms with Crippen molar-refractivity contribution >= 4 is 5.97 Å². The van der Waals surface area contributed by atoms with Gasteiger partial charge in [0.1, 0.15) is 6.61 Å². The van der Waals surface area contributed by atoms with Crippen molar-refractivity contribution < 1.29 is 9.53 Å². The van der Waals surface area contributed by atoms with Crippen LogP contribution in [0.15, 0.2) is 30.3 Å². The molecule has 1 radical (unpaired) electrons. The molecule has 0 aliphatic rings. The van der Waals surface area contributed by atoms with Gasteiger partial charge in [0.25, 0.3) is 0 Å². The third-order valence-corrected chi connectivity index (χ3v) is 3.59. The number of carbonyl (C=O) groups is 1. The summed E-state index contributed by atoms with van der Waals surface area (Å²) >= 11 is 0. The zero-order chi connectivity index (χ0) is 15.2. The maximum atomic E-state index is 11.5. The van der Waals surface area contributed by atoms with E-state index in [1.165, 1.54) is 44.9 Å². The van der Waals surface area contributed by atoms with Gasteiger partial charge >= 0.3 is 5.97 Å². The lowest BCUT2D eigenvalue weighted by atomic mass is 10.1. The average molecular weight is 289 g/mol. The predicted octanol–water partition coefficient (Wildman–Crippen LogP) is 5.46. The molecule has 0 heterocycles. The van der Waals surface area contributed by atoms with Crippen LogP contribution in [-0.4, -0.2) is 5.97 Å². The van der Waals surface area contributed by atoms with E-state index >= 15 is 0 Å². The van der Waals surface area contributed by atoms with Crippen LogP contribution in [0.25, 0.3) is 0 Å². The third kappa shape index (κ3) is 10.1. The molecule has 2 heteroatoms. The Balaban J connectivity index is 1.89. The standard InChI is InChI=1S/C19H29O2/c1-2-3-4-5-6-7-8-9-13-16-19(20)21-17-18-14-11-10-12-15-18/h10-12,14-16H,2-9,13,17H2,1H3. The summed E-state index contributed by atoms with van der Waals surface area (Å²) in [5.41, 5.74) is 1.03. The number of ether oxygens (including phenoxy) is 1. The predicted molar refractivity (Wildman–Crippen MR) is 87.8 cm³/mol. The Morgan fingerprint density at radius 1 is 0.952 bits per heavy atom. The summed E-state index contributed by atoms with van der Waals surface area (Å²) in [7, 11) is 0. The van der Waals surface area contributed by atoms with Crippen LogP contribution in [0, 0.1) is 6.42 Å². The molecule has 0 fully saturated rings. The van der Waals surface area contributed by atoms with Crippen LogP contribution in [-0.2, 0) is 16.1 Å². The van der Waals surface area contributed by atoms with Gasteiger partial charge in [-0.05, 0) is 12.0 Å². The summed E-state index contributed by atoms with van der Waals surface area (Å²) in [5, 5.41) is 0. The van der Waals surface area contributed by atoms with Crippen molar-refractivity contribution in [2.24, 2.45) is 0 Å². The summed E-state index contributed by atoms with van der Waals surface area (Å²) in [6.45, 7) is 2.61. The van der Waals surface area contributed by atoms with Crippen molar-refractivity contribution in [3.63, 3.8) is 0 Å². The van der Waals surface area contributed by atoms with E-state index in [-0.39, 0.29) is 5.97 Å². The highest BCUT2D eigenvalue weighted by molar-refractivity contribution is 5.78. The van der Waals surface area contributed by atoms with E-state index in [9.17, 15) is 4.79 Å². The molecule has 21 heavy (non-hydrogen) atoms. The maximum absolute atomic E-state index is 11.5. The molecule has 1 rings (SSSR count). The molecule has 0 aliphatic carbocycles. The molecule has 0 unspecified atom stereocenters. The smallest absolute Gasteiger partial charge is 0.310 e. The first kappa shape index (κ1) is 17.7. The van der Waals surface area contributed by atoms with Gasteiger partial charge in [-0.15, -0.1) is 0 Å². The maximum Gasteiger partial charge on any atom is 0.310 e. The first-order chi connectivity index (χ1) is 10.3. The number of esters is 1. The molecule has 2 nitrogen and oxygen atoms in total. The van der Waals surface area contributed by atoms with Gasteiger partial charge in [0.05, 0.1) is 6.42 Å². The average Bonchev–Trinajstić information content (AvgIpc) is 2.52. The number of benzene rings is 1. The van der Waals surface area contributed by atoms with E-state index < -0.39 is 0 Å². The van der Waals surface area contributed by atoms with Crippen molar-refractivity contribution in [1.29, 1.82) is 0 Å². The van der Waals surface area contributed by atoms with Crippen molar-refractivity contribution in [3.05, 3.63) is 42.3 Å². The zero-order valence-electron chi connectivity index (χ0n) is 13.4. The second-order valence-electron chi connectivity index (χ2n) is 5.56. The van der Waals surface area contributed by atoms with Gasteiger partial charge in [0, 0.05) is 0 Å². The first-order valence-corrected chi connectivity index (χ1v) is 8.37. The van der Waals surface area contributed by atoms with Gasteiger partial charge in [-0.2, -0.15) is 0 Å². The van der Waals surface area contributed by atoms with Gasteiger partial charge in [-0.1, -0.05) is 88.6 Å². The Labute approximate surface area is 129 Å². The number of hydrogen-bond donors (Lipinski definition) is 0. The molecule has 0 N–H and O–H groups in total. The second-order valence-corrected chi connectivity index (χ2v) is 5.56. The molecule has 0 atom stereocenters. The number of carbonyl (C=O) groups excluding carboxylic acids is 1. The second kappa shape index (κ2) is 12.4. The fourth-order valence-corrected chi connectivity index (χ4v) is 2.29. The molecule has 0 spiro atoms. The molecule has 1 aromatic carbocycles. The summed E-state index contributed by atoms with van der Waals surface area (Å²) in [5.74, 6) is -0.193. The lowest BCUT2D eigenvalue weighted by molar-refractivity contribution is -0.140. The van der Waals surface area contributed by atoms with Gasteiger partial charge in [-0.25, -0.2) is 0 Å². The van der Waals surface area contributed by atoms with Crippen molar-refractivity contribution in [3.8, 4) is 0 Å². The van der Waals surface area contributed by atoms with Crippen LogP contribution in [0.1, 0.15) is 70.3 Å². The number of unbranched alkanes of at least 4 members (excludes halogenated alkanes) is 8. The Kier molecular flexibility index (Phi) is 10.5. The Morgan fingerprint density at radius 3 is 2.24 bits per heavy atom. The highest BCUT2D eigenvalue weighted by atomic mass is 16.5. The minimum Gasteiger partial charge on any atom is -0.461 e. The van der Waals surface area contributed by atoms with E-state index in [0.717, 1.165) is 18.4 Å². The SMILES string of the molecule is CCCCCCCCCC[CH]C(=O)OCc1ccccc1. The Hall–Kier alpha value is -1.31. The van der Waals surface area contributed by atoms with Crippen LogP contribution in [0.4, 0.5) is 0 Å². The molecule has 0 saturated carbocycles. The lowest BCUT2D eigenvalue weighted by Gasteiger charge is -2.05. The third-order valence-electron chi connectivity index (χ3n) is 3.59. The van der Waals surface area contributed by atoms with E-state index in [1.807, 2.05) is 30.3 Å². The van der Waals surface area contributed by atoms with Crippen LogP contribution in [0.2, 0.25) is 0 Å². The van der Waals surface area contributed by atoms with E-state index in [4.69, 9.17) is 4.74 Å². The molecule has 1 aromatic rings. The fraction of sp³-hybridized carbons (Fsp3) is 0.579. The largest absolute Gasteiger partial charge is 0.461 e. The van der Waals surface area contributed by atoms with Crippen LogP contribution in [0.5, 0.6) is 0 Å². The minimum absolute atomic E-state index is 0.193. The van der Waals surface area contributed by atoms with Gasteiger partial charge < -0.3 is 4.74 Å². The Bertz CT molecular complexity index is 359. The zero-order valence-corrected chi connectivity index (χ0v) is 13.4. The molecule has 0 bridgehead atoms. The van der Waals surface area contributed by atoms with Crippen molar-refractivity contribution in [2.75, 3.05) is 0 Å². The van der Waals surface area contributed by atoms with E-state index in [0.29, 0.717) is 6.61 Å².